The van der Waals surface area contributed by atoms with E-state index in [1.165, 1.54) is 0 Å². The molecule has 5 rings (SSSR count). The summed E-state index contributed by atoms with van der Waals surface area (Å²) in [5.74, 6) is 1.54. The molecule has 2 fully saturated rings. The molecule has 154 valence electrons. The van der Waals surface area contributed by atoms with Gasteiger partial charge < -0.3 is 9.47 Å². The molecule has 0 unspecified atom stereocenters. The third-order valence-corrected chi connectivity index (χ3v) is 7.12. The molecule has 7 heteroatoms. The Morgan fingerprint density at radius 2 is 2.07 bits per heavy atom. The van der Waals surface area contributed by atoms with Gasteiger partial charge in [0, 0.05) is 62.6 Å². The number of nitrogens with zero attached hydrogens (tertiary/aromatic N) is 4. The number of rotatable bonds is 3. The zero-order chi connectivity index (χ0) is 20.1. The number of pyridine rings is 2. The number of aryl methyl sites for hydroxylation is 1. The van der Waals surface area contributed by atoms with E-state index in [1.807, 2.05) is 34.7 Å². The van der Waals surface area contributed by atoms with Crippen molar-refractivity contribution in [2.45, 2.75) is 44.9 Å². The average Bonchev–Trinajstić information content (AvgIpc) is 3.11. The van der Waals surface area contributed by atoms with Crippen LogP contribution in [0, 0.1) is 12.8 Å². The summed E-state index contributed by atoms with van der Waals surface area (Å²) >= 11 is 6.53. The fraction of sp³-hybridized carbons (Fsp3) is 0.545. The van der Waals surface area contributed by atoms with Crippen LogP contribution in [0.2, 0.25) is 5.02 Å². The molecule has 2 saturated heterocycles. The van der Waals surface area contributed by atoms with Gasteiger partial charge in [-0.3, -0.25) is 9.69 Å². The second-order valence-electron chi connectivity index (χ2n) is 8.79. The molecule has 2 aromatic heterocycles. The van der Waals surface area contributed by atoms with E-state index in [2.05, 4.69) is 16.0 Å². The van der Waals surface area contributed by atoms with Crippen molar-refractivity contribution in [3.05, 3.63) is 56.6 Å². The summed E-state index contributed by atoms with van der Waals surface area (Å²) in [6.45, 7) is 6.12. The fourth-order valence-electron chi connectivity index (χ4n) is 5.20. The minimum Gasteiger partial charge on any atom is -0.354 e. The van der Waals surface area contributed by atoms with Crippen LogP contribution < -0.4 is 10.5 Å². The Kier molecular flexibility index (Phi) is 4.87. The molecule has 0 aromatic carbocycles. The highest BCUT2D eigenvalue weighted by atomic mass is 35.5. The summed E-state index contributed by atoms with van der Waals surface area (Å²) in [5.41, 5.74) is 3.02. The van der Waals surface area contributed by atoms with Gasteiger partial charge in [0.2, 0.25) is 0 Å². The Labute approximate surface area is 175 Å². The van der Waals surface area contributed by atoms with Crippen molar-refractivity contribution in [3.8, 4) is 0 Å². The summed E-state index contributed by atoms with van der Waals surface area (Å²) in [4.78, 5) is 22.0. The maximum absolute atomic E-state index is 13.5. The first kappa shape index (κ1) is 19.1. The van der Waals surface area contributed by atoms with Crippen LogP contribution in [-0.4, -0.2) is 46.8 Å². The van der Waals surface area contributed by atoms with Crippen LogP contribution in [0.1, 0.15) is 35.6 Å². The highest BCUT2D eigenvalue weighted by molar-refractivity contribution is 6.33. The predicted molar refractivity (Wildman–Crippen MR) is 113 cm³/mol. The smallest absolute Gasteiger partial charge is 0.255 e. The third-order valence-electron chi connectivity index (χ3n) is 6.66. The van der Waals surface area contributed by atoms with Crippen LogP contribution in [0.5, 0.6) is 0 Å². The first-order chi connectivity index (χ1) is 14.0. The van der Waals surface area contributed by atoms with E-state index in [0.29, 0.717) is 31.3 Å². The van der Waals surface area contributed by atoms with Crippen LogP contribution in [0.3, 0.4) is 0 Å². The number of aromatic nitrogens is 2. The molecular formula is C22H26ClFN4O. The highest BCUT2D eigenvalue weighted by Gasteiger charge is 2.36. The van der Waals surface area contributed by atoms with Crippen LogP contribution in [-0.2, 0) is 13.1 Å². The van der Waals surface area contributed by atoms with Crippen LogP contribution in [0.4, 0.5) is 10.2 Å². The molecule has 0 spiro atoms. The molecule has 3 aliphatic heterocycles. The van der Waals surface area contributed by atoms with Crippen LogP contribution in [0.25, 0.3) is 0 Å². The Morgan fingerprint density at radius 3 is 2.86 bits per heavy atom. The summed E-state index contributed by atoms with van der Waals surface area (Å²) in [5, 5.41) is 0.719. The maximum atomic E-state index is 13.5. The molecule has 29 heavy (non-hydrogen) atoms. The van der Waals surface area contributed by atoms with Gasteiger partial charge >= 0.3 is 0 Å². The Balaban J connectivity index is 1.41. The Morgan fingerprint density at radius 1 is 1.21 bits per heavy atom. The lowest BCUT2D eigenvalue weighted by molar-refractivity contribution is 0.270. The normalized spacial score (nSPS) is 26.6. The first-order valence-electron chi connectivity index (χ1n) is 10.4. The van der Waals surface area contributed by atoms with Crippen molar-refractivity contribution < 1.29 is 4.39 Å². The quantitative estimate of drug-likeness (QED) is 0.769. The van der Waals surface area contributed by atoms with Gasteiger partial charge in [-0.15, -0.1) is 0 Å². The molecule has 2 bridgehead atoms. The Hall–Kier alpha value is -1.92. The molecule has 0 saturated carbocycles. The number of likely N-dealkylation sites (tertiary alicyclic amines) is 1. The number of piperidine rings is 1. The standard InChI is InChI=1S/C22H26ClFN4O/c1-14-4-6-25-21(20(14)23)27-9-15-8-17(12-27)19-3-2-16(22(29)28(19)10-15)11-26-7-5-18(24)13-26/h2-4,6,15,17-18H,5,7-13H2,1H3/t15-,17+,18-/m0/s1. The molecule has 0 aliphatic carbocycles. The summed E-state index contributed by atoms with van der Waals surface area (Å²) in [7, 11) is 0. The molecule has 3 atom stereocenters. The lowest BCUT2D eigenvalue weighted by Crippen LogP contribution is -2.48. The Bertz CT molecular complexity index is 993. The molecular weight excluding hydrogens is 391 g/mol. The number of hydrogen-bond acceptors (Lipinski definition) is 4. The molecule has 5 nitrogen and oxygen atoms in total. The molecule has 5 heterocycles. The van der Waals surface area contributed by atoms with E-state index in [4.69, 9.17) is 11.6 Å². The number of halogens is 2. The number of anilines is 1. The number of alkyl halides is 1. The minimum absolute atomic E-state index is 0.0969. The van der Waals surface area contributed by atoms with E-state index < -0.39 is 6.17 Å². The van der Waals surface area contributed by atoms with Crippen molar-refractivity contribution >= 4 is 17.4 Å². The van der Waals surface area contributed by atoms with E-state index >= 15 is 0 Å². The second-order valence-corrected chi connectivity index (χ2v) is 9.17. The summed E-state index contributed by atoms with van der Waals surface area (Å²) in [6.07, 6.45) is 2.71. The summed E-state index contributed by atoms with van der Waals surface area (Å²) in [6, 6.07) is 5.99. The van der Waals surface area contributed by atoms with E-state index in [1.54, 1.807) is 0 Å². The van der Waals surface area contributed by atoms with E-state index in [9.17, 15) is 9.18 Å². The predicted octanol–water partition coefficient (Wildman–Crippen LogP) is 3.37. The molecule has 0 radical (unpaired) electrons. The van der Waals surface area contributed by atoms with Gasteiger partial charge in [0.15, 0.2) is 0 Å². The first-order valence-corrected chi connectivity index (χ1v) is 10.8. The molecule has 0 amide bonds. The lowest BCUT2D eigenvalue weighted by atomic mass is 9.83. The number of hydrogen-bond donors (Lipinski definition) is 0. The third kappa shape index (κ3) is 3.46. The van der Waals surface area contributed by atoms with Gasteiger partial charge in [0.25, 0.3) is 5.56 Å². The van der Waals surface area contributed by atoms with Gasteiger partial charge in [-0.25, -0.2) is 9.37 Å². The minimum atomic E-state index is -0.761. The maximum Gasteiger partial charge on any atom is 0.255 e. The second kappa shape index (κ2) is 7.40. The van der Waals surface area contributed by atoms with Gasteiger partial charge in [-0.1, -0.05) is 17.7 Å². The van der Waals surface area contributed by atoms with Crippen LogP contribution in [0.15, 0.2) is 29.2 Å². The molecule has 3 aliphatic rings. The average molecular weight is 417 g/mol. The molecule has 2 aromatic rings. The topological polar surface area (TPSA) is 41.4 Å². The van der Waals surface area contributed by atoms with E-state index in [-0.39, 0.29) is 5.56 Å². The van der Waals surface area contributed by atoms with Crippen molar-refractivity contribution in [3.63, 3.8) is 0 Å². The van der Waals surface area contributed by atoms with Crippen LogP contribution >= 0.6 is 11.6 Å². The van der Waals surface area contributed by atoms with Gasteiger partial charge in [-0.05, 0) is 43.4 Å². The lowest BCUT2D eigenvalue weighted by Gasteiger charge is -2.43. The van der Waals surface area contributed by atoms with Crippen molar-refractivity contribution in [2.75, 3.05) is 31.1 Å². The van der Waals surface area contributed by atoms with Crippen molar-refractivity contribution in [1.29, 1.82) is 0 Å². The fourth-order valence-corrected chi connectivity index (χ4v) is 5.43. The zero-order valence-corrected chi connectivity index (χ0v) is 17.4. The SMILES string of the molecule is Cc1ccnc(N2C[C@@H]3C[C@H](C2)c2ccc(CN4CC[C@H](F)C4)c(=O)n2C3)c1Cl. The van der Waals surface area contributed by atoms with Gasteiger partial charge in [0.1, 0.15) is 12.0 Å². The van der Waals surface area contributed by atoms with E-state index in [0.717, 1.165) is 60.3 Å². The monoisotopic (exact) mass is 416 g/mol. The zero-order valence-electron chi connectivity index (χ0n) is 16.7. The molecule has 0 N–H and O–H groups in total. The summed E-state index contributed by atoms with van der Waals surface area (Å²) < 4.78 is 15.5. The van der Waals surface area contributed by atoms with Crippen molar-refractivity contribution in [1.82, 2.24) is 14.5 Å². The van der Waals surface area contributed by atoms with Crippen molar-refractivity contribution in [2.24, 2.45) is 5.92 Å². The van der Waals surface area contributed by atoms with Gasteiger partial charge in [0.05, 0.1) is 5.02 Å². The largest absolute Gasteiger partial charge is 0.354 e. The number of fused-ring (bicyclic) bond motifs is 4. The highest BCUT2D eigenvalue weighted by Crippen LogP contribution is 2.38. The van der Waals surface area contributed by atoms with Gasteiger partial charge in [-0.2, -0.15) is 0 Å².